The largest absolute Gasteiger partial charge is 0.0619 e. The molecule has 0 atom stereocenters. The molecule has 0 spiro atoms. The van der Waals surface area contributed by atoms with E-state index in [0.29, 0.717) is 0 Å². The zero-order valence-corrected chi connectivity index (χ0v) is 29.1. The van der Waals surface area contributed by atoms with Gasteiger partial charge >= 0.3 is 0 Å². The highest BCUT2D eigenvalue weighted by atomic mass is 28.1. The maximum absolute atomic E-state index is 4.63. The zero-order chi connectivity index (χ0) is 32.5. The first kappa shape index (κ1) is 28.7. The minimum atomic E-state index is -0.570. The summed E-state index contributed by atoms with van der Waals surface area (Å²) in [6.45, 7) is 14.3. The van der Waals surface area contributed by atoms with E-state index in [1.54, 1.807) is 0 Å². The van der Waals surface area contributed by atoms with Crippen molar-refractivity contribution in [3.05, 3.63) is 177 Å². The third-order valence-electron chi connectivity index (χ3n) is 12.0. The van der Waals surface area contributed by atoms with E-state index in [9.17, 15) is 0 Å². The molecular formula is C46H39Si. The van der Waals surface area contributed by atoms with Gasteiger partial charge in [0.2, 0.25) is 0 Å². The van der Waals surface area contributed by atoms with E-state index >= 15 is 0 Å². The fourth-order valence-electron chi connectivity index (χ4n) is 9.31. The van der Waals surface area contributed by atoms with E-state index in [4.69, 9.17) is 0 Å². The van der Waals surface area contributed by atoms with Crippen LogP contribution in [0.25, 0.3) is 33.4 Å². The van der Waals surface area contributed by atoms with Crippen molar-refractivity contribution >= 4 is 10.2 Å². The summed E-state index contributed by atoms with van der Waals surface area (Å²) in [5, 5.41) is -0.570. The second-order valence-electron chi connectivity index (χ2n) is 15.5. The maximum Gasteiger partial charge on any atom is 0.0510 e. The lowest BCUT2D eigenvalue weighted by Gasteiger charge is -2.35. The average Bonchev–Trinajstić information content (AvgIpc) is 3.57. The molecule has 47 heavy (non-hydrogen) atoms. The molecular weight excluding hydrogens is 581 g/mol. The summed E-state index contributed by atoms with van der Waals surface area (Å²) in [6, 6.07) is 48.5. The highest BCUT2D eigenvalue weighted by molar-refractivity contribution is 6.21. The van der Waals surface area contributed by atoms with Crippen LogP contribution in [0.2, 0.25) is 0 Å². The monoisotopic (exact) mass is 619 g/mol. The van der Waals surface area contributed by atoms with Gasteiger partial charge in [-0.15, -0.1) is 0 Å². The molecule has 0 nitrogen and oxygen atoms in total. The third-order valence-corrected chi connectivity index (χ3v) is 12.9. The van der Waals surface area contributed by atoms with Gasteiger partial charge in [-0.25, -0.2) is 0 Å². The first-order valence-corrected chi connectivity index (χ1v) is 17.4. The fourth-order valence-corrected chi connectivity index (χ4v) is 9.78. The Bertz CT molecular complexity index is 2040. The molecule has 0 aromatic heterocycles. The van der Waals surface area contributed by atoms with Crippen LogP contribution in [0.5, 0.6) is 0 Å². The van der Waals surface area contributed by atoms with Gasteiger partial charge in [-0.1, -0.05) is 169 Å². The van der Waals surface area contributed by atoms with Gasteiger partial charge < -0.3 is 0 Å². The molecule has 9 rings (SSSR count). The predicted octanol–water partition coefficient (Wildman–Crippen LogP) is 11.1. The highest BCUT2D eigenvalue weighted by Gasteiger charge is 2.42. The zero-order valence-electron chi connectivity index (χ0n) is 28.1. The van der Waals surface area contributed by atoms with Crippen molar-refractivity contribution in [2.75, 3.05) is 0 Å². The Hall–Kier alpha value is -4.46. The van der Waals surface area contributed by atoms with Crippen molar-refractivity contribution in [1.29, 1.82) is 0 Å². The predicted molar refractivity (Wildman–Crippen MR) is 198 cm³/mol. The van der Waals surface area contributed by atoms with Crippen molar-refractivity contribution in [1.82, 2.24) is 0 Å². The molecule has 0 fully saturated rings. The molecule has 0 heterocycles. The van der Waals surface area contributed by atoms with Crippen LogP contribution in [-0.4, -0.2) is 10.2 Å². The summed E-state index contributed by atoms with van der Waals surface area (Å²) in [7, 11) is 4.63. The summed E-state index contributed by atoms with van der Waals surface area (Å²) >= 11 is 0. The molecule has 0 amide bonds. The normalized spacial score (nSPS) is 16.9. The van der Waals surface area contributed by atoms with Gasteiger partial charge in [-0.3, -0.25) is 0 Å². The summed E-state index contributed by atoms with van der Waals surface area (Å²) in [4.78, 5) is 0. The molecule has 0 unspecified atom stereocenters. The molecule has 0 N–H and O–H groups in total. The van der Waals surface area contributed by atoms with E-state index in [2.05, 4.69) is 179 Å². The molecule has 1 heteroatoms. The summed E-state index contributed by atoms with van der Waals surface area (Å²) < 4.78 is 0. The number of benzene rings is 6. The summed E-state index contributed by atoms with van der Waals surface area (Å²) in [6.07, 6.45) is 0. The SMILES string of the molecule is CC1(C)c2ccccc2-c2ccc(C([Si])(c3ccc4c(c3)C(C)(C)c3ccccc3-4)c3ccc4c(c3)C(C)(C)c3ccccc3-4)cc21. The van der Waals surface area contributed by atoms with Crippen LogP contribution >= 0.6 is 0 Å². The lowest BCUT2D eigenvalue weighted by atomic mass is 9.75. The van der Waals surface area contributed by atoms with E-state index in [1.807, 2.05) is 0 Å². The Kier molecular flexibility index (Phi) is 5.70. The molecule has 0 aliphatic heterocycles. The molecule has 0 saturated heterocycles. The van der Waals surface area contributed by atoms with Gasteiger partial charge in [0.25, 0.3) is 0 Å². The van der Waals surface area contributed by atoms with Gasteiger partial charge in [-0.05, 0) is 83.5 Å². The molecule has 0 saturated carbocycles. The number of fused-ring (bicyclic) bond motifs is 9. The molecule has 3 aliphatic rings. The Labute approximate surface area is 283 Å². The molecule has 3 aliphatic carbocycles. The second kappa shape index (κ2) is 9.33. The van der Waals surface area contributed by atoms with Crippen LogP contribution < -0.4 is 0 Å². The fraction of sp³-hybridized carbons (Fsp3) is 0.217. The van der Waals surface area contributed by atoms with Crippen LogP contribution in [-0.2, 0) is 21.3 Å². The van der Waals surface area contributed by atoms with Gasteiger partial charge in [-0.2, -0.15) is 0 Å². The maximum atomic E-state index is 4.63. The minimum Gasteiger partial charge on any atom is -0.0619 e. The van der Waals surface area contributed by atoms with Crippen molar-refractivity contribution in [2.45, 2.75) is 62.8 Å². The van der Waals surface area contributed by atoms with Gasteiger partial charge in [0.15, 0.2) is 0 Å². The average molecular weight is 620 g/mol. The van der Waals surface area contributed by atoms with Crippen molar-refractivity contribution in [3.63, 3.8) is 0 Å². The quantitative estimate of drug-likeness (QED) is 0.137. The molecule has 3 radical (unpaired) electrons. The van der Waals surface area contributed by atoms with Crippen LogP contribution in [0.1, 0.15) is 91.6 Å². The minimum absolute atomic E-state index is 0.0851. The Morgan fingerprint density at radius 2 is 0.596 bits per heavy atom. The Balaban J connectivity index is 1.29. The van der Waals surface area contributed by atoms with Gasteiger partial charge in [0, 0.05) is 21.3 Å². The van der Waals surface area contributed by atoms with Gasteiger partial charge in [0.1, 0.15) is 0 Å². The lowest BCUT2D eigenvalue weighted by molar-refractivity contribution is 0.653. The third kappa shape index (κ3) is 3.64. The van der Waals surface area contributed by atoms with Crippen LogP contribution in [0, 0.1) is 0 Å². The first-order valence-electron chi connectivity index (χ1n) is 16.9. The molecule has 6 aromatic carbocycles. The Morgan fingerprint density at radius 3 is 0.894 bits per heavy atom. The van der Waals surface area contributed by atoms with Crippen LogP contribution in [0.4, 0.5) is 0 Å². The van der Waals surface area contributed by atoms with Crippen molar-refractivity contribution in [3.8, 4) is 33.4 Å². The van der Waals surface area contributed by atoms with E-state index in [1.165, 1.54) is 83.5 Å². The van der Waals surface area contributed by atoms with E-state index < -0.39 is 5.04 Å². The van der Waals surface area contributed by atoms with E-state index in [-0.39, 0.29) is 16.2 Å². The smallest absolute Gasteiger partial charge is 0.0510 e. The lowest BCUT2D eigenvalue weighted by Crippen LogP contribution is -2.31. The van der Waals surface area contributed by atoms with Gasteiger partial charge in [0.05, 0.1) is 10.2 Å². The number of rotatable bonds is 3. The summed E-state index contributed by atoms with van der Waals surface area (Å²) in [5.41, 5.74) is 20.0. The summed E-state index contributed by atoms with van der Waals surface area (Å²) in [5.74, 6) is 0. The van der Waals surface area contributed by atoms with Crippen LogP contribution in [0.3, 0.4) is 0 Å². The van der Waals surface area contributed by atoms with Crippen molar-refractivity contribution < 1.29 is 0 Å². The van der Waals surface area contributed by atoms with Crippen molar-refractivity contribution in [2.24, 2.45) is 0 Å². The molecule has 227 valence electrons. The highest BCUT2D eigenvalue weighted by Crippen LogP contribution is 2.54. The molecule has 6 aromatic rings. The Morgan fingerprint density at radius 1 is 0.340 bits per heavy atom. The number of hydrogen-bond donors (Lipinski definition) is 0. The standard InChI is InChI=1S/C46H39Si/c1-43(2)37-16-10-7-13-31(37)34-22-19-28(25-40(34)43)46(47,29-20-23-35-32-14-8-11-17-38(32)44(3,4)41(35)26-29)30-21-24-36-33-15-9-12-18-39(33)45(5,6)42(36)27-30/h7-27H,1-6H3. The second-order valence-corrected chi connectivity index (χ2v) is 16.3. The van der Waals surface area contributed by atoms with Crippen LogP contribution in [0.15, 0.2) is 127 Å². The van der Waals surface area contributed by atoms with E-state index in [0.717, 1.165) is 0 Å². The molecule has 0 bridgehead atoms. The topological polar surface area (TPSA) is 0 Å². The number of hydrogen-bond acceptors (Lipinski definition) is 0. The first-order chi connectivity index (χ1) is 22.4.